The molecular weight excluding hydrogens is 723 g/mol. The van der Waals surface area contributed by atoms with Gasteiger partial charge in [-0.1, -0.05) is 152 Å². The summed E-state index contributed by atoms with van der Waals surface area (Å²) in [5.74, 6) is -0.248. The molecule has 11 nitrogen and oxygen atoms in total. The number of esters is 2. The fourth-order valence-corrected chi connectivity index (χ4v) is 6.03. The highest BCUT2D eigenvalue weighted by Crippen LogP contribution is 2.43. The van der Waals surface area contributed by atoms with Gasteiger partial charge in [-0.15, -0.1) is 0 Å². The Morgan fingerprint density at radius 3 is 1.91 bits per heavy atom. The number of rotatable bonds is 37. The lowest BCUT2D eigenvalue weighted by Gasteiger charge is -2.20. The van der Waals surface area contributed by atoms with E-state index in [-0.39, 0.29) is 19.4 Å². The maximum atomic E-state index is 12.6. The highest BCUT2D eigenvalue weighted by atomic mass is 31.2. The van der Waals surface area contributed by atoms with Gasteiger partial charge in [0, 0.05) is 12.8 Å². The fourth-order valence-electron chi connectivity index (χ4n) is 5.24. The molecular formula is C43H75O11P. The van der Waals surface area contributed by atoms with Crippen molar-refractivity contribution < 1.29 is 52.9 Å². The third-order valence-electron chi connectivity index (χ3n) is 8.44. The molecule has 0 radical (unpaired) electrons. The predicted octanol–water partition coefficient (Wildman–Crippen LogP) is 9.55. The van der Waals surface area contributed by atoms with Crippen molar-refractivity contribution in [2.75, 3.05) is 26.4 Å². The molecule has 0 amide bonds. The van der Waals surface area contributed by atoms with Crippen LogP contribution in [0.15, 0.2) is 60.8 Å². The minimum Gasteiger partial charge on any atom is -0.462 e. The Hall–Kier alpha value is -2.37. The van der Waals surface area contributed by atoms with Crippen molar-refractivity contribution in [1.82, 2.24) is 0 Å². The number of aliphatic hydroxyl groups excluding tert-OH is 3. The normalized spacial score (nSPS) is 15.2. The predicted molar refractivity (Wildman–Crippen MR) is 220 cm³/mol. The second-order valence-corrected chi connectivity index (χ2v) is 15.8. The number of carbonyl (C=O) groups excluding carboxylic acids is 2. The van der Waals surface area contributed by atoms with E-state index < -0.39 is 57.9 Å². The Bertz CT molecular complexity index is 1130. The molecule has 0 aromatic heterocycles. The van der Waals surface area contributed by atoms with E-state index in [4.69, 9.17) is 19.1 Å². The number of aliphatic hydroxyl groups is 3. The van der Waals surface area contributed by atoms with Gasteiger partial charge in [0.2, 0.25) is 0 Å². The van der Waals surface area contributed by atoms with Gasteiger partial charge in [0.05, 0.1) is 25.9 Å². The van der Waals surface area contributed by atoms with Crippen LogP contribution in [0.4, 0.5) is 0 Å². The molecule has 55 heavy (non-hydrogen) atoms. The quantitative estimate of drug-likeness (QED) is 0.0155. The zero-order valence-electron chi connectivity index (χ0n) is 34.1. The molecule has 4 N–H and O–H groups in total. The molecule has 2 unspecified atom stereocenters. The maximum Gasteiger partial charge on any atom is 0.472 e. The van der Waals surface area contributed by atoms with Crippen molar-refractivity contribution in [3.05, 3.63) is 60.8 Å². The molecule has 0 aliphatic heterocycles. The summed E-state index contributed by atoms with van der Waals surface area (Å²) in [7, 11) is -4.64. The number of hydrogen-bond acceptors (Lipinski definition) is 10. The van der Waals surface area contributed by atoms with E-state index in [1.54, 1.807) is 6.08 Å². The van der Waals surface area contributed by atoms with Gasteiger partial charge in [0.25, 0.3) is 0 Å². The first-order valence-corrected chi connectivity index (χ1v) is 22.2. The van der Waals surface area contributed by atoms with Crippen LogP contribution in [0.25, 0.3) is 0 Å². The third kappa shape index (κ3) is 38.3. The van der Waals surface area contributed by atoms with E-state index in [0.29, 0.717) is 32.1 Å². The first-order chi connectivity index (χ1) is 26.5. The molecule has 0 bridgehead atoms. The van der Waals surface area contributed by atoms with Crippen LogP contribution >= 0.6 is 7.82 Å². The highest BCUT2D eigenvalue weighted by Gasteiger charge is 2.27. The van der Waals surface area contributed by atoms with Crippen molar-refractivity contribution in [3.63, 3.8) is 0 Å². The Morgan fingerprint density at radius 1 is 0.673 bits per heavy atom. The molecule has 0 fully saturated rings. The van der Waals surface area contributed by atoms with Crippen LogP contribution in [0, 0.1) is 5.92 Å². The van der Waals surface area contributed by atoms with E-state index in [0.717, 1.165) is 38.0 Å². The Labute approximate surface area is 332 Å². The molecule has 0 spiro atoms. The first kappa shape index (κ1) is 52.6. The summed E-state index contributed by atoms with van der Waals surface area (Å²) in [4.78, 5) is 34.9. The molecule has 318 valence electrons. The van der Waals surface area contributed by atoms with Crippen LogP contribution in [0.3, 0.4) is 0 Å². The summed E-state index contributed by atoms with van der Waals surface area (Å²) >= 11 is 0. The van der Waals surface area contributed by atoms with Crippen molar-refractivity contribution >= 4 is 19.8 Å². The lowest BCUT2D eigenvalue weighted by atomic mass is 10.0. The SMILES string of the molecule is CC/C=C\C/C=C\CC(O)/C=C/C=C\C/C=C\CCCC(=O)OC[C@H](COP(=O)(O)OC[C@@H](O)CO)OC(=O)CCCCCCCCCCCCCC(C)C. The van der Waals surface area contributed by atoms with E-state index in [1.165, 1.54) is 51.4 Å². The molecule has 0 aromatic carbocycles. The van der Waals surface area contributed by atoms with Gasteiger partial charge in [-0.2, -0.15) is 0 Å². The summed E-state index contributed by atoms with van der Waals surface area (Å²) < 4.78 is 32.6. The number of ether oxygens (including phenoxy) is 2. The Kier molecular flexibility index (Phi) is 35.6. The van der Waals surface area contributed by atoms with E-state index >= 15 is 0 Å². The van der Waals surface area contributed by atoms with Crippen LogP contribution in [0.2, 0.25) is 0 Å². The molecule has 12 heteroatoms. The summed E-state index contributed by atoms with van der Waals surface area (Å²) in [6.07, 6.45) is 35.2. The molecule has 0 aromatic rings. The minimum absolute atomic E-state index is 0.130. The fraction of sp³-hybridized carbons (Fsp3) is 0.721. The number of phosphoric acid groups is 1. The van der Waals surface area contributed by atoms with Crippen LogP contribution in [0.1, 0.15) is 149 Å². The number of phosphoric ester groups is 1. The van der Waals surface area contributed by atoms with Gasteiger partial charge in [-0.25, -0.2) is 4.57 Å². The highest BCUT2D eigenvalue weighted by molar-refractivity contribution is 7.47. The van der Waals surface area contributed by atoms with Crippen LogP contribution in [0.5, 0.6) is 0 Å². The van der Waals surface area contributed by atoms with Gasteiger partial charge in [0.1, 0.15) is 12.7 Å². The summed E-state index contributed by atoms with van der Waals surface area (Å²) in [5, 5.41) is 28.3. The number of carbonyl (C=O) groups is 2. The summed E-state index contributed by atoms with van der Waals surface area (Å²) in [6.45, 7) is 4.40. The average Bonchev–Trinajstić information content (AvgIpc) is 3.15. The van der Waals surface area contributed by atoms with Crippen molar-refractivity contribution in [1.29, 1.82) is 0 Å². The van der Waals surface area contributed by atoms with Crippen LogP contribution in [-0.2, 0) is 32.7 Å². The van der Waals surface area contributed by atoms with E-state index in [9.17, 15) is 29.3 Å². The van der Waals surface area contributed by atoms with Crippen molar-refractivity contribution in [2.24, 2.45) is 5.92 Å². The number of hydrogen-bond donors (Lipinski definition) is 4. The maximum absolute atomic E-state index is 12.6. The molecule has 0 saturated heterocycles. The van der Waals surface area contributed by atoms with Gasteiger partial charge in [-0.3, -0.25) is 18.6 Å². The summed E-state index contributed by atoms with van der Waals surface area (Å²) in [6, 6.07) is 0. The standard InChI is InChI=1S/C43H75O11P/c1-4-5-6-7-20-25-30-39(45)31-26-21-16-13-14-17-22-27-32-42(47)51-36-41(37-53-55(49,50)52-35-40(46)34-44)54-43(48)33-28-23-18-12-10-8-9-11-15-19-24-29-38(2)3/h5-6,14,16-17,20-21,25-26,31,38-41,44-46H,4,7-13,15,18-19,22-24,27-30,32-37H2,1-3H3,(H,49,50)/b6-5-,17-14-,21-16-,25-20-,31-26+/t39?,40-,41+/m0/s1. The molecule has 0 heterocycles. The third-order valence-corrected chi connectivity index (χ3v) is 9.40. The van der Waals surface area contributed by atoms with E-state index in [1.807, 2.05) is 42.5 Å². The van der Waals surface area contributed by atoms with Crippen LogP contribution < -0.4 is 0 Å². The van der Waals surface area contributed by atoms with E-state index in [2.05, 4.69) is 37.4 Å². The average molecular weight is 799 g/mol. The smallest absolute Gasteiger partial charge is 0.462 e. The molecule has 0 saturated carbocycles. The molecule has 0 aliphatic carbocycles. The monoisotopic (exact) mass is 799 g/mol. The van der Waals surface area contributed by atoms with Crippen molar-refractivity contribution in [2.45, 2.75) is 167 Å². The second kappa shape index (κ2) is 37.2. The Balaban J connectivity index is 4.49. The number of allylic oxidation sites excluding steroid dienone is 8. The van der Waals surface area contributed by atoms with Gasteiger partial charge in [-0.05, 0) is 50.9 Å². The lowest BCUT2D eigenvalue weighted by Crippen LogP contribution is -2.29. The van der Waals surface area contributed by atoms with Gasteiger partial charge in [0.15, 0.2) is 6.10 Å². The summed E-state index contributed by atoms with van der Waals surface area (Å²) in [5.41, 5.74) is 0. The molecule has 4 atom stereocenters. The number of unbranched alkanes of at least 4 members (excludes halogenated alkanes) is 11. The van der Waals surface area contributed by atoms with Gasteiger partial charge >= 0.3 is 19.8 Å². The Morgan fingerprint density at radius 2 is 1.25 bits per heavy atom. The largest absolute Gasteiger partial charge is 0.472 e. The molecule has 0 rings (SSSR count). The second-order valence-electron chi connectivity index (χ2n) is 14.3. The van der Waals surface area contributed by atoms with Crippen LogP contribution in [-0.4, -0.2) is 76.9 Å². The lowest BCUT2D eigenvalue weighted by molar-refractivity contribution is -0.161. The van der Waals surface area contributed by atoms with Crippen molar-refractivity contribution in [3.8, 4) is 0 Å². The molecule has 0 aliphatic rings. The zero-order chi connectivity index (χ0) is 40.8. The topological polar surface area (TPSA) is 169 Å². The first-order valence-electron chi connectivity index (χ1n) is 20.7. The zero-order valence-corrected chi connectivity index (χ0v) is 35.0. The minimum atomic E-state index is -4.64. The van der Waals surface area contributed by atoms with Gasteiger partial charge < -0.3 is 29.7 Å².